The first kappa shape index (κ1) is 23.6. The van der Waals surface area contributed by atoms with Crippen molar-refractivity contribution in [3.63, 3.8) is 0 Å². The van der Waals surface area contributed by atoms with E-state index in [1.54, 1.807) is 24.3 Å². The van der Waals surface area contributed by atoms with Gasteiger partial charge in [0.05, 0.1) is 6.04 Å². The fourth-order valence-electron chi connectivity index (χ4n) is 4.43. The van der Waals surface area contributed by atoms with Crippen LogP contribution in [0.2, 0.25) is 0 Å². The van der Waals surface area contributed by atoms with E-state index in [-0.39, 0.29) is 12.2 Å². The van der Waals surface area contributed by atoms with Gasteiger partial charge in [-0.2, -0.15) is 12.6 Å². The molecule has 3 aromatic rings. The zero-order valence-electron chi connectivity index (χ0n) is 18.5. The largest absolute Gasteiger partial charge is 0.480 e. The predicted molar refractivity (Wildman–Crippen MR) is 133 cm³/mol. The van der Waals surface area contributed by atoms with E-state index in [0.717, 1.165) is 11.1 Å². The summed E-state index contributed by atoms with van der Waals surface area (Å²) in [4.78, 5) is 42.3. The summed E-state index contributed by atoms with van der Waals surface area (Å²) in [6, 6.07) is 24.3. The highest BCUT2D eigenvalue weighted by Gasteiger charge is 2.52. The van der Waals surface area contributed by atoms with Crippen molar-refractivity contribution in [2.45, 2.75) is 31.0 Å². The summed E-state index contributed by atoms with van der Waals surface area (Å²) >= 11 is 4.44. The third-order valence-electron chi connectivity index (χ3n) is 6.07. The van der Waals surface area contributed by atoms with E-state index in [9.17, 15) is 19.5 Å². The smallest absolute Gasteiger partial charge is 0.328 e. The summed E-state index contributed by atoms with van der Waals surface area (Å²) in [5.74, 6) is -1.32. The van der Waals surface area contributed by atoms with Crippen LogP contribution in [0.15, 0.2) is 91.0 Å². The molecule has 0 saturated carbocycles. The highest BCUT2D eigenvalue weighted by Crippen LogP contribution is 2.36. The molecule has 6 nitrogen and oxygen atoms in total. The van der Waals surface area contributed by atoms with Crippen LogP contribution in [0, 0.1) is 0 Å². The molecule has 34 heavy (non-hydrogen) atoms. The van der Waals surface area contributed by atoms with Gasteiger partial charge in [-0.3, -0.25) is 14.6 Å². The first-order chi connectivity index (χ1) is 16.5. The van der Waals surface area contributed by atoms with Crippen LogP contribution in [-0.4, -0.2) is 50.7 Å². The quantitative estimate of drug-likeness (QED) is 0.359. The van der Waals surface area contributed by atoms with Gasteiger partial charge in [0.2, 0.25) is 0 Å². The molecular formula is C27H26N2O4S. The number of urea groups is 1. The van der Waals surface area contributed by atoms with Gasteiger partial charge in [-0.15, -0.1) is 0 Å². The summed E-state index contributed by atoms with van der Waals surface area (Å²) < 4.78 is 0. The Morgan fingerprint density at radius 3 is 1.82 bits per heavy atom. The average Bonchev–Trinajstić information content (AvgIpc) is 3.12. The summed E-state index contributed by atoms with van der Waals surface area (Å²) in [7, 11) is 0. The molecule has 1 N–H and O–H groups in total. The van der Waals surface area contributed by atoms with Gasteiger partial charge in [0.1, 0.15) is 12.1 Å². The topological polar surface area (TPSA) is 77.9 Å². The van der Waals surface area contributed by atoms with E-state index in [1.165, 1.54) is 9.80 Å². The number of carboxylic acids is 1. The molecule has 3 aromatic carbocycles. The highest BCUT2D eigenvalue weighted by atomic mass is 32.1. The van der Waals surface area contributed by atoms with E-state index in [4.69, 9.17) is 0 Å². The van der Waals surface area contributed by atoms with Gasteiger partial charge in [-0.1, -0.05) is 91.0 Å². The molecule has 1 aliphatic heterocycles. The maximum atomic E-state index is 13.8. The standard InChI is InChI=1S/C27H26N2O4S/c30-25-24(21-14-8-3-9-15-21)29(23(26(31)32)17-20-12-6-2-7-13-20)27(33)28(25)22(18-34)16-19-10-4-1-5-11-19/h1-15,22-24,34H,16-18H2,(H,31,32). The van der Waals surface area contributed by atoms with Crippen LogP contribution < -0.4 is 0 Å². The number of nitrogens with zero attached hydrogens (tertiary/aromatic N) is 2. The van der Waals surface area contributed by atoms with Gasteiger partial charge < -0.3 is 5.11 Å². The molecule has 0 spiro atoms. The van der Waals surface area contributed by atoms with Crippen LogP contribution in [0.4, 0.5) is 4.79 Å². The second-order valence-electron chi connectivity index (χ2n) is 8.28. The molecule has 1 heterocycles. The Bertz CT molecular complexity index is 1140. The number of imide groups is 1. The lowest BCUT2D eigenvalue weighted by molar-refractivity contribution is -0.143. The van der Waals surface area contributed by atoms with Crippen molar-refractivity contribution in [3.8, 4) is 0 Å². The molecule has 3 atom stereocenters. The molecule has 7 heteroatoms. The molecule has 0 aliphatic carbocycles. The van der Waals surface area contributed by atoms with E-state index in [1.807, 2.05) is 66.7 Å². The SMILES string of the molecule is O=C(O)C(Cc1ccccc1)N1C(=O)N(C(CS)Cc2ccccc2)C(=O)C1c1ccccc1. The Morgan fingerprint density at radius 1 is 0.824 bits per heavy atom. The first-order valence-corrected chi connectivity index (χ1v) is 11.8. The highest BCUT2D eigenvalue weighted by molar-refractivity contribution is 7.80. The zero-order valence-corrected chi connectivity index (χ0v) is 19.4. The van der Waals surface area contributed by atoms with Crippen molar-refractivity contribution in [1.29, 1.82) is 0 Å². The van der Waals surface area contributed by atoms with Gasteiger partial charge in [0.25, 0.3) is 5.91 Å². The van der Waals surface area contributed by atoms with E-state index in [2.05, 4.69) is 12.6 Å². The van der Waals surface area contributed by atoms with Crippen LogP contribution in [0.1, 0.15) is 22.7 Å². The second kappa shape index (κ2) is 10.6. The third-order valence-corrected chi connectivity index (χ3v) is 6.50. The Labute approximate surface area is 204 Å². The Hall–Kier alpha value is -3.58. The first-order valence-electron chi connectivity index (χ1n) is 11.1. The number of carbonyl (C=O) groups excluding carboxylic acids is 2. The monoisotopic (exact) mass is 474 g/mol. The van der Waals surface area contributed by atoms with Crippen molar-refractivity contribution >= 4 is 30.5 Å². The minimum atomic E-state index is -1.20. The number of hydrogen-bond acceptors (Lipinski definition) is 4. The molecular weight excluding hydrogens is 448 g/mol. The molecule has 174 valence electrons. The number of benzene rings is 3. The minimum Gasteiger partial charge on any atom is -0.480 e. The summed E-state index contributed by atoms with van der Waals surface area (Å²) in [5, 5.41) is 10.1. The second-order valence-corrected chi connectivity index (χ2v) is 8.65. The van der Waals surface area contributed by atoms with Crippen molar-refractivity contribution in [2.75, 3.05) is 5.75 Å². The van der Waals surface area contributed by atoms with Crippen LogP contribution in [-0.2, 0) is 22.4 Å². The van der Waals surface area contributed by atoms with Crippen molar-refractivity contribution < 1.29 is 19.5 Å². The lowest BCUT2D eigenvalue weighted by Crippen LogP contribution is -2.48. The summed E-state index contributed by atoms with van der Waals surface area (Å²) in [6.45, 7) is 0. The van der Waals surface area contributed by atoms with Gasteiger partial charge in [0, 0.05) is 12.2 Å². The molecule has 1 fully saturated rings. The number of amides is 3. The molecule has 1 saturated heterocycles. The number of carboxylic acid groups (broad SMARTS) is 1. The molecule has 3 amide bonds. The normalized spacial score (nSPS) is 17.6. The number of hydrogen-bond donors (Lipinski definition) is 2. The van der Waals surface area contributed by atoms with Crippen LogP contribution in [0.5, 0.6) is 0 Å². The molecule has 0 aromatic heterocycles. The molecule has 0 bridgehead atoms. The van der Waals surface area contributed by atoms with Crippen molar-refractivity contribution in [1.82, 2.24) is 9.80 Å². The maximum Gasteiger partial charge on any atom is 0.328 e. The fourth-order valence-corrected chi connectivity index (χ4v) is 4.73. The number of carbonyl (C=O) groups is 3. The van der Waals surface area contributed by atoms with Crippen LogP contribution >= 0.6 is 12.6 Å². The molecule has 0 radical (unpaired) electrons. The third kappa shape index (κ3) is 4.84. The van der Waals surface area contributed by atoms with E-state index in [0.29, 0.717) is 12.0 Å². The maximum absolute atomic E-state index is 13.8. The number of thiol groups is 1. The van der Waals surface area contributed by atoms with Crippen LogP contribution in [0.25, 0.3) is 0 Å². The molecule has 1 aliphatic rings. The average molecular weight is 475 g/mol. The predicted octanol–water partition coefficient (Wildman–Crippen LogP) is 4.23. The summed E-state index contributed by atoms with van der Waals surface area (Å²) in [6.07, 6.45) is 0.532. The molecule has 4 rings (SSSR count). The Kier molecular flexibility index (Phi) is 7.33. The van der Waals surface area contributed by atoms with Crippen LogP contribution in [0.3, 0.4) is 0 Å². The van der Waals surface area contributed by atoms with Gasteiger partial charge in [0.15, 0.2) is 0 Å². The van der Waals surface area contributed by atoms with Crippen molar-refractivity contribution in [2.24, 2.45) is 0 Å². The fraction of sp³-hybridized carbons (Fsp3) is 0.222. The van der Waals surface area contributed by atoms with Gasteiger partial charge in [-0.25, -0.2) is 9.59 Å². The lowest BCUT2D eigenvalue weighted by Gasteiger charge is -2.29. The van der Waals surface area contributed by atoms with E-state index >= 15 is 0 Å². The Balaban J connectivity index is 1.74. The minimum absolute atomic E-state index is 0.0938. The zero-order chi connectivity index (χ0) is 24.1. The summed E-state index contributed by atoms with van der Waals surface area (Å²) in [5.41, 5.74) is 2.33. The van der Waals surface area contributed by atoms with Gasteiger partial charge >= 0.3 is 12.0 Å². The number of aliphatic carboxylic acids is 1. The van der Waals surface area contributed by atoms with Crippen molar-refractivity contribution in [3.05, 3.63) is 108 Å². The molecule has 3 unspecified atom stereocenters. The van der Waals surface area contributed by atoms with E-state index < -0.39 is 36.0 Å². The van der Waals surface area contributed by atoms with Gasteiger partial charge in [-0.05, 0) is 23.1 Å². The number of rotatable bonds is 9. The Morgan fingerprint density at radius 2 is 1.32 bits per heavy atom. The lowest BCUT2D eigenvalue weighted by atomic mass is 10.00.